The molecule has 0 radical (unpaired) electrons. The Morgan fingerprint density at radius 1 is 1.11 bits per heavy atom. The van der Waals surface area contributed by atoms with Gasteiger partial charge in [0.2, 0.25) is 0 Å². The topological polar surface area (TPSA) is 48.1 Å². The molecule has 0 bridgehead atoms. The molecule has 0 aromatic carbocycles. The zero-order valence-electron chi connectivity index (χ0n) is 11.4. The summed E-state index contributed by atoms with van der Waals surface area (Å²) in [4.78, 5) is 0. The Kier molecular flexibility index (Phi) is 6.63. The van der Waals surface area contributed by atoms with Gasteiger partial charge in [0, 0.05) is 12.6 Å². The highest BCUT2D eigenvalue weighted by Crippen LogP contribution is 2.29. The molecule has 1 fully saturated rings. The molecule has 0 heterocycles. The fraction of sp³-hybridized carbons (Fsp3) is 0.833. The number of rotatable bonds is 2. The van der Waals surface area contributed by atoms with E-state index >= 15 is 0 Å². The van der Waals surface area contributed by atoms with Crippen LogP contribution in [0.2, 0.25) is 0 Å². The minimum Gasteiger partial charge on any atom is -0.362 e. The van der Waals surface area contributed by atoms with Crippen LogP contribution in [-0.4, -0.2) is 22.8 Å². The number of hydrazine groups is 1. The summed E-state index contributed by atoms with van der Waals surface area (Å²) in [6, 6.07) is 0.461. The first-order valence-electron chi connectivity index (χ1n) is 6.65. The van der Waals surface area contributed by atoms with E-state index in [1.54, 1.807) is 0 Å². The lowest BCUT2D eigenvalue weighted by molar-refractivity contribution is 0.224. The number of hydrogen-bond donors (Lipinski definition) is 4. The standard InChI is InChI=1S/C12H24N4S2/c1-4-13-11(17)15-16-12(18)14-10-7-5-6-8(2)9(10)3/h8-10H,4-7H2,1-3H3,(H2,13,15,17)(H2,14,16,18)/t8-,9+,10-/m1/s1. The van der Waals surface area contributed by atoms with Crippen LogP contribution >= 0.6 is 24.4 Å². The van der Waals surface area contributed by atoms with Crippen molar-refractivity contribution in [1.82, 2.24) is 21.5 Å². The van der Waals surface area contributed by atoms with E-state index in [0.29, 0.717) is 22.2 Å². The van der Waals surface area contributed by atoms with Crippen molar-refractivity contribution in [1.29, 1.82) is 0 Å². The van der Waals surface area contributed by atoms with Gasteiger partial charge in [-0.1, -0.05) is 26.7 Å². The van der Waals surface area contributed by atoms with Crippen molar-refractivity contribution in [2.45, 2.75) is 46.1 Å². The lowest BCUT2D eigenvalue weighted by Gasteiger charge is -2.35. The second-order valence-electron chi connectivity index (χ2n) is 4.96. The molecule has 6 heteroatoms. The van der Waals surface area contributed by atoms with Crippen molar-refractivity contribution in [3.63, 3.8) is 0 Å². The molecule has 0 amide bonds. The van der Waals surface area contributed by atoms with Gasteiger partial charge < -0.3 is 10.6 Å². The molecule has 18 heavy (non-hydrogen) atoms. The summed E-state index contributed by atoms with van der Waals surface area (Å²) in [5.41, 5.74) is 5.78. The smallest absolute Gasteiger partial charge is 0.185 e. The summed E-state index contributed by atoms with van der Waals surface area (Å²) in [5.74, 6) is 1.41. The van der Waals surface area contributed by atoms with E-state index < -0.39 is 0 Å². The summed E-state index contributed by atoms with van der Waals surface area (Å²) in [5, 5.41) is 7.53. The third-order valence-electron chi connectivity index (χ3n) is 3.65. The molecular weight excluding hydrogens is 264 g/mol. The Hall–Kier alpha value is -0.620. The fourth-order valence-electron chi connectivity index (χ4n) is 2.31. The van der Waals surface area contributed by atoms with Crippen LogP contribution in [0.1, 0.15) is 40.0 Å². The van der Waals surface area contributed by atoms with Gasteiger partial charge in [-0.3, -0.25) is 10.9 Å². The van der Waals surface area contributed by atoms with E-state index in [2.05, 4.69) is 35.3 Å². The fourth-order valence-corrected chi connectivity index (χ4v) is 2.71. The molecule has 1 aliphatic rings. The summed E-state index contributed by atoms with van der Waals surface area (Å²) >= 11 is 10.3. The Balaban J connectivity index is 2.29. The quantitative estimate of drug-likeness (QED) is 0.458. The average Bonchev–Trinajstić information content (AvgIpc) is 2.33. The van der Waals surface area contributed by atoms with E-state index in [-0.39, 0.29) is 0 Å². The second kappa shape index (κ2) is 7.74. The largest absolute Gasteiger partial charge is 0.362 e. The van der Waals surface area contributed by atoms with Crippen LogP contribution in [0.3, 0.4) is 0 Å². The monoisotopic (exact) mass is 288 g/mol. The maximum absolute atomic E-state index is 5.26. The van der Waals surface area contributed by atoms with Gasteiger partial charge in [-0.25, -0.2) is 0 Å². The van der Waals surface area contributed by atoms with Crippen LogP contribution in [-0.2, 0) is 0 Å². The minimum absolute atomic E-state index is 0.461. The van der Waals surface area contributed by atoms with E-state index in [0.717, 1.165) is 12.5 Å². The van der Waals surface area contributed by atoms with Crippen LogP contribution in [0.5, 0.6) is 0 Å². The van der Waals surface area contributed by atoms with Gasteiger partial charge in [0.05, 0.1) is 0 Å². The lowest BCUT2D eigenvalue weighted by atomic mass is 9.78. The van der Waals surface area contributed by atoms with Crippen LogP contribution < -0.4 is 21.5 Å². The number of hydrogen-bond acceptors (Lipinski definition) is 2. The summed E-state index contributed by atoms with van der Waals surface area (Å²) in [7, 11) is 0. The van der Waals surface area contributed by atoms with Crippen LogP contribution in [0, 0.1) is 11.8 Å². The van der Waals surface area contributed by atoms with Gasteiger partial charge in [0.15, 0.2) is 10.2 Å². The maximum Gasteiger partial charge on any atom is 0.185 e. The van der Waals surface area contributed by atoms with E-state index in [1.807, 2.05) is 6.92 Å². The predicted octanol–water partition coefficient (Wildman–Crippen LogP) is 1.67. The number of thiocarbonyl (C=S) groups is 2. The van der Waals surface area contributed by atoms with Gasteiger partial charge in [0.25, 0.3) is 0 Å². The molecule has 0 aromatic rings. The van der Waals surface area contributed by atoms with Crippen molar-refractivity contribution in [2.75, 3.05) is 6.54 Å². The molecule has 0 aliphatic heterocycles. The van der Waals surface area contributed by atoms with Gasteiger partial charge in [-0.15, -0.1) is 0 Å². The van der Waals surface area contributed by atoms with Crippen LogP contribution in [0.15, 0.2) is 0 Å². The summed E-state index contributed by atoms with van der Waals surface area (Å²) in [6.07, 6.45) is 3.78. The predicted molar refractivity (Wildman–Crippen MR) is 84.2 cm³/mol. The lowest BCUT2D eigenvalue weighted by Crippen LogP contribution is -2.54. The SMILES string of the molecule is CCNC(=S)NNC(=S)N[C@@H]1CCC[C@@H](C)[C@@H]1C. The molecular formula is C12H24N4S2. The molecule has 1 saturated carbocycles. The molecule has 0 aromatic heterocycles. The third-order valence-corrected chi connectivity index (χ3v) is 4.12. The summed E-state index contributed by atoms with van der Waals surface area (Å²) < 4.78 is 0. The minimum atomic E-state index is 0.461. The normalized spacial score (nSPS) is 27.2. The summed E-state index contributed by atoms with van der Waals surface area (Å²) in [6.45, 7) is 7.40. The highest BCUT2D eigenvalue weighted by atomic mass is 32.1. The Labute approximate surface area is 121 Å². The molecule has 4 nitrogen and oxygen atoms in total. The first-order valence-corrected chi connectivity index (χ1v) is 7.46. The second-order valence-corrected chi connectivity index (χ2v) is 5.77. The van der Waals surface area contributed by atoms with Gasteiger partial charge in [-0.2, -0.15) is 0 Å². The molecule has 0 spiro atoms. The third kappa shape index (κ3) is 4.94. The zero-order valence-corrected chi connectivity index (χ0v) is 13.0. The van der Waals surface area contributed by atoms with Crippen molar-refractivity contribution in [2.24, 2.45) is 11.8 Å². The van der Waals surface area contributed by atoms with Gasteiger partial charge in [0.1, 0.15) is 0 Å². The highest BCUT2D eigenvalue weighted by Gasteiger charge is 2.27. The van der Waals surface area contributed by atoms with Crippen molar-refractivity contribution >= 4 is 34.7 Å². The van der Waals surface area contributed by atoms with E-state index in [1.165, 1.54) is 19.3 Å². The molecule has 0 saturated heterocycles. The van der Waals surface area contributed by atoms with E-state index in [9.17, 15) is 0 Å². The Bertz CT molecular complexity index is 296. The Morgan fingerprint density at radius 2 is 1.78 bits per heavy atom. The molecule has 1 rings (SSSR count). The molecule has 4 N–H and O–H groups in total. The van der Waals surface area contributed by atoms with Crippen molar-refractivity contribution in [3.8, 4) is 0 Å². The first kappa shape index (κ1) is 15.4. The highest BCUT2D eigenvalue weighted by molar-refractivity contribution is 7.80. The molecule has 3 atom stereocenters. The van der Waals surface area contributed by atoms with Crippen LogP contribution in [0.4, 0.5) is 0 Å². The molecule has 0 unspecified atom stereocenters. The van der Waals surface area contributed by atoms with Crippen molar-refractivity contribution in [3.05, 3.63) is 0 Å². The Morgan fingerprint density at radius 3 is 2.44 bits per heavy atom. The number of nitrogens with one attached hydrogen (secondary N) is 4. The van der Waals surface area contributed by atoms with Crippen LogP contribution in [0.25, 0.3) is 0 Å². The zero-order chi connectivity index (χ0) is 13.5. The maximum atomic E-state index is 5.26. The molecule has 1 aliphatic carbocycles. The first-order chi connectivity index (χ1) is 8.54. The van der Waals surface area contributed by atoms with Crippen molar-refractivity contribution < 1.29 is 0 Å². The van der Waals surface area contributed by atoms with Gasteiger partial charge in [-0.05, 0) is 49.6 Å². The molecule has 104 valence electrons. The van der Waals surface area contributed by atoms with E-state index in [4.69, 9.17) is 24.4 Å². The average molecular weight is 288 g/mol. The van der Waals surface area contributed by atoms with Gasteiger partial charge >= 0.3 is 0 Å².